The van der Waals surface area contributed by atoms with Gasteiger partial charge >= 0.3 is 0 Å². The second-order valence-corrected chi connectivity index (χ2v) is 7.51. The molecule has 1 N–H and O–H groups in total. The van der Waals surface area contributed by atoms with Crippen molar-refractivity contribution in [1.82, 2.24) is 10.2 Å². The van der Waals surface area contributed by atoms with Crippen molar-refractivity contribution >= 4 is 23.4 Å². The van der Waals surface area contributed by atoms with Crippen molar-refractivity contribution < 1.29 is 14.3 Å². The molecule has 0 aromatic heterocycles. The molecule has 0 spiro atoms. The highest BCUT2D eigenvalue weighted by molar-refractivity contribution is 6.30. The number of carbonyl (C=O) groups excluding carboxylic acids is 2. The molecule has 3 rings (SSSR count). The maximum atomic E-state index is 12.6. The molecule has 5 nitrogen and oxygen atoms in total. The van der Waals surface area contributed by atoms with Crippen molar-refractivity contribution in [2.24, 2.45) is 5.92 Å². The normalized spacial score (nSPS) is 15.8. The Balaban J connectivity index is 1.51. The maximum absolute atomic E-state index is 12.6. The molecule has 1 fully saturated rings. The zero-order valence-corrected chi connectivity index (χ0v) is 16.9. The minimum Gasteiger partial charge on any atom is -0.497 e. The van der Waals surface area contributed by atoms with Crippen molar-refractivity contribution in [3.8, 4) is 5.75 Å². The van der Waals surface area contributed by atoms with Gasteiger partial charge in [0, 0.05) is 29.6 Å². The van der Waals surface area contributed by atoms with Gasteiger partial charge in [-0.15, -0.1) is 0 Å². The molecule has 0 radical (unpaired) electrons. The molecule has 2 amide bonds. The smallest absolute Gasteiger partial charge is 0.253 e. The van der Waals surface area contributed by atoms with Gasteiger partial charge in [0.25, 0.3) is 5.91 Å². The molecule has 1 saturated heterocycles. The van der Waals surface area contributed by atoms with Gasteiger partial charge in [-0.3, -0.25) is 9.59 Å². The van der Waals surface area contributed by atoms with Gasteiger partial charge in [-0.25, -0.2) is 0 Å². The van der Waals surface area contributed by atoms with Gasteiger partial charge in [-0.1, -0.05) is 23.7 Å². The summed E-state index contributed by atoms with van der Waals surface area (Å²) in [5.74, 6) is 0.687. The van der Waals surface area contributed by atoms with E-state index in [1.54, 1.807) is 31.4 Å². The standard InChI is InChI=1S/C22H25ClN2O3/c1-15(16-3-7-19(23)8-4-16)24-21(26)17-11-13-25(14-12-17)22(27)18-5-9-20(28-2)10-6-18/h3-10,15,17H,11-14H2,1-2H3,(H,24,26). The van der Waals surface area contributed by atoms with Crippen LogP contribution in [0.4, 0.5) is 0 Å². The number of methoxy groups -OCH3 is 1. The largest absolute Gasteiger partial charge is 0.497 e. The summed E-state index contributed by atoms with van der Waals surface area (Å²) in [6.45, 7) is 3.13. The topological polar surface area (TPSA) is 58.6 Å². The first-order valence-corrected chi connectivity index (χ1v) is 9.85. The van der Waals surface area contributed by atoms with Crippen LogP contribution in [-0.4, -0.2) is 36.9 Å². The monoisotopic (exact) mass is 400 g/mol. The van der Waals surface area contributed by atoms with Crippen molar-refractivity contribution in [1.29, 1.82) is 0 Å². The number of ether oxygens (including phenoxy) is 1. The lowest BCUT2D eigenvalue weighted by molar-refractivity contribution is -0.126. The van der Waals surface area contributed by atoms with E-state index in [-0.39, 0.29) is 23.8 Å². The minimum atomic E-state index is -0.0799. The number of hydrogen-bond acceptors (Lipinski definition) is 3. The Hall–Kier alpha value is -2.53. The molecule has 1 aliphatic heterocycles. The SMILES string of the molecule is COc1ccc(C(=O)N2CCC(C(=O)NC(C)c3ccc(Cl)cc3)CC2)cc1. The summed E-state index contributed by atoms with van der Waals surface area (Å²) in [7, 11) is 1.60. The van der Waals surface area contributed by atoms with Gasteiger partial charge in [0.2, 0.25) is 5.91 Å². The number of hydrogen-bond donors (Lipinski definition) is 1. The first kappa shape index (κ1) is 20.2. The van der Waals surface area contributed by atoms with Crippen LogP contribution in [0.1, 0.15) is 41.7 Å². The Labute approximate surface area is 170 Å². The number of piperidine rings is 1. The summed E-state index contributed by atoms with van der Waals surface area (Å²) in [5, 5.41) is 3.75. The van der Waals surface area contributed by atoms with E-state index in [0.29, 0.717) is 36.5 Å². The van der Waals surface area contributed by atoms with E-state index in [1.165, 1.54) is 0 Å². The molecule has 6 heteroatoms. The van der Waals surface area contributed by atoms with Crippen molar-refractivity contribution in [2.45, 2.75) is 25.8 Å². The predicted octanol–water partition coefficient (Wildman–Crippen LogP) is 4.08. The second-order valence-electron chi connectivity index (χ2n) is 7.08. The number of carbonyl (C=O) groups is 2. The molecule has 0 aliphatic carbocycles. The second kappa shape index (κ2) is 9.11. The van der Waals surface area contributed by atoms with E-state index in [9.17, 15) is 9.59 Å². The molecule has 2 aromatic rings. The molecule has 148 valence electrons. The van der Waals surface area contributed by atoms with Crippen LogP contribution in [-0.2, 0) is 4.79 Å². The predicted molar refractivity (Wildman–Crippen MR) is 110 cm³/mol. The lowest BCUT2D eigenvalue weighted by Crippen LogP contribution is -2.43. The van der Waals surface area contributed by atoms with Crippen LogP contribution in [0.25, 0.3) is 0 Å². The molecule has 1 atom stereocenters. The van der Waals surface area contributed by atoms with Gasteiger partial charge in [0.1, 0.15) is 5.75 Å². The Kier molecular flexibility index (Phi) is 6.57. The van der Waals surface area contributed by atoms with E-state index in [1.807, 2.05) is 36.1 Å². The molecular weight excluding hydrogens is 376 g/mol. The number of halogens is 1. The van der Waals surface area contributed by atoms with Gasteiger partial charge in [0.05, 0.1) is 13.2 Å². The third kappa shape index (κ3) is 4.84. The lowest BCUT2D eigenvalue weighted by Gasteiger charge is -2.32. The van der Waals surface area contributed by atoms with Crippen LogP contribution in [0.2, 0.25) is 5.02 Å². The number of amides is 2. The molecule has 0 bridgehead atoms. The minimum absolute atomic E-state index is 0.00366. The summed E-state index contributed by atoms with van der Waals surface area (Å²) in [4.78, 5) is 27.1. The third-order valence-electron chi connectivity index (χ3n) is 5.22. The summed E-state index contributed by atoms with van der Waals surface area (Å²) in [5.41, 5.74) is 1.66. The molecule has 28 heavy (non-hydrogen) atoms. The van der Waals surface area contributed by atoms with Crippen molar-refractivity contribution in [3.63, 3.8) is 0 Å². The van der Waals surface area contributed by atoms with Crippen LogP contribution in [0, 0.1) is 5.92 Å². The van der Waals surface area contributed by atoms with Crippen LogP contribution in [0.5, 0.6) is 5.75 Å². The van der Waals surface area contributed by atoms with Gasteiger partial charge in [-0.2, -0.15) is 0 Å². The van der Waals surface area contributed by atoms with Gasteiger partial charge in [-0.05, 0) is 61.7 Å². The van der Waals surface area contributed by atoms with E-state index in [4.69, 9.17) is 16.3 Å². The number of rotatable bonds is 5. The molecule has 1 unspecified atom stereocenters. The van der Waals surface area contributed by atoms with Crippen LogP contribution < -0.4 is 10.1 Å². The molecule has 1 aliphatic rings. The first-order chi connectivity index (χ1) is 13.5. The third-order valence-corrected chi connectivity index (χ3v) is 5.47. The fraction of sp³-hybridized carbons (Fsp3) is 0.364. The Bertz CT molecular complexity index is 813. The van der Waals surface area contributed by atoms with E-state index < -0.39 is 0 Å². The van der Waals surface area contributed by atoms with E-state index in [2.05, 4.69) is 5.32 Å². The fourth-order valence-corrected chi connectivity index (χ4v) is 3.55. The molecule has 2 aromatic carbocycles. The summed E-state index contributed by atoms with van der Waals surface area (Å²) in [6, 6.07) is 14.5. The molecular formula is C22H25ClN2O3. The van der Waals surface area contributed by atoms with Crippen molar-refractivity contribution in [2.75, 3.05) is 20.2 Å². The molecule has 1 heterocycles. The number of likely N-dealkylation sites (tertiary alicyclic amines) is 1. The zero-order chi connectivity index (χ0) is 20.1. The summed E-state index contributed by atoms with van der Waals surface area (Å²) in [6.07, 6.45) is 1.34. The number of nitrogens with zero attached hydrogens (tertiary/aromatic N) is 1. The molecule has 0 saturated carbocycles. The fourth-order valence-electron chi connectivity index (χ4n) is 3.43. The quantitative estimate of drug-likeness (QED) is 0.822. The number of nitrogens with one attached hydrogen (secondary N) is 1. The first-order valence-electron chi connectivity index (χ1n) is 9.47. The van der Waals surface area contributed by atoms with Crippen LogP contribution in [0.3, 0.4) is 0 Å². The Morgan fingerprint density at radius 3 is 2.25 bits per heavy atom. The lowest BCUT2D eigenvalue weighted by atomic mass is 9.94. The van der Waals surface area contributed by atoms with E-state index in [0.717, 1.165) is 11.3 Å². The summed E-state index contributed by atoms with van der Waals surface area (Å²) < 4.78 is 5.13. The highest BCUT2D eigenvalue weighted by Gasteiger charge is 2.28. The Morgan fingerprint density at radius 2 is 1.68 bits per heavy atom. The number of benzene rings is 2. The Morgan fingerprint density at radius 1 is 1.07 bits per heavy atom. The average Bonchev–Trinajstić information content (AvgIpc) is 2.73. The highest BCUT2D eigenvalue weighted by Crippen LogP contribution is 2.22. The maximum Gasteiger partial charge on any atom is 0.253 e. The highest BCUT2D eigenvalue weighted by atomic mass is 35.5. The van der Waals surface area contributed by atoms with Crippen LogP contribution in [0.15, 0.2) is 48.5 Å². The van der Waals surface area contributed by atoms with E-state index >= 15 is 0 Å². The average molecular weight is 401 g/mol. The van der Waals surface area contributed by atoms with Crippen molar-refractivity contribution in [3.05, 3.63) is 64.7 Å². The summed E-state index contributed by atoms with van der Waals surface area (Å²) >= 11 is 5.92. The van der Waals surface area contributed by atoms with Gasteiger partial charge in [0.15, 0.2) is 0 Å². The van der Waals surface area contributed by atoms with Gasteiger partial charge < -0.3 is 15.0 Å². The zero-order valence-electron chi connectivity index (χ0n) is 16.2. The van der Waals surface area contributed by atoms with Crippen LogP contribution >= 0.6 is 11.6 Å².